The number of benzene rings is 2. The van der Waals surface area contributed by atoms with Crippen LogP contribution < -0.4 is 10.2 Å². The average Bonchev–Trinajstić information content (AvgIpc) is 2.37. The van der Waals surface area contributed by atoms with Gasteiger partial charge in [-0.15, -0.1) is 5.75 Å². The molecule has 0 spiro atoms. The molecule has 0 bridgehead atoms. The second-order valence-corrected chi connectivity index (χ2v) is 5.16. The molecule has 0 aliphatic heterocycles. The molecule has 24 heavy (non-hydrogen) atoms. The van der Waals surface area contributed by atoms with Crippen LogP contribution in [0.2, 0.25) is 0 Å². The zero-order valence-corrected chi connectivity index (χ0v) is 17.6. The van der Waals surface area contributed by atoms with Gasteiger partial charge in [-0.25, -0.2) is 0 Å². The summed E-state index contributed by atoms with van der Waals surface area (Å²) in [6.45, 7) is 5.81. The van der Waals surface area contributed by atoms with Gasteiger partial charge in [-0.05, 0) is 37.8 Å². The fourth-order valence-electron chi connectivity index (χ4n) is 2.18. The van der Waals surface area contributed by atoms with Crippen LogP contribution in [0.3, 0.4) is 0 Å². The zero-order valence-electron chi connectivity index (χ0n) is 14.1. The van der Waals surface area contributed by atoms with Crippen molar-refractivity contribution in [2.75, 3.05) is 0 Å². The number of para-hydroxylation sites is 1. The van der Waals surface area contributed by atoms with Crippen molar-refractivity contribution in [3.63, 3.8) is 0 Å². The van der Waals surface area contributed by atoms with Gasteiger partial charge in [-0.1, -0.05) is 53.3 Å². The Labute approximate surface area is 175 Å². The third kappa shape index (κ3) is 7.30. The number of pyridine rings is 1. The van der Waals surface area contributed by atoms with E-state index in [4.69, 9.17) is 0 Å². The number of aryl methyl sites for hydroxylation is 3. The maximum absolute atomic E-state index is 11.2. The molecule has 0 unspecified atom stereocenters. The Balaban J connectivity index is 0. The summed E-state index contributed by atoms with van der Waals surface area (Å²) in [7, 11) is 0. The van der Waals surface area contributed by atoms with Crippen molar-refractivity contribution in [2.45, 2.75) is 20.8 Å². The summed E-state index contributed by atoms with van der Waals surface area (Å²) in [5.41, 5.74) is 3.72. The molecule has 3 aromatic rings. The number of rotatable bonds is 0. The number of fused-ring (bicyclic) bond motifs is 1. The molecule has 3 rings (SSSR count). The monoisotopic (exact) mass is 360 g/mol. The van der Waals surface area contributed by atoms with E-state index in [2.05, 4.69) is 4.98 Å². The van der Waals surface area contributed by atoms with Crippen LogP contribution in [0, 0.1) is 20.8 Å². The molecule has 0 N–H and O–H groups in total. The summed E-state index contributed by atoms with van der Waals surface area (Å²) in [6, 6.07) is 12.4. The first-order chi connectivity index (χ1) is 9.95. The van der Waals surface area contributed by atoms with Gasteiger partial charge in [-0.2, -0.15) is 0 Å². The number of hydrogen-bond donors (Lipinski definition) is 0. The van der Waals surface area contributed by atoms with Crippen LogP contribution in [0.25, 0.3) is 10.9 Å². The summed E-state index contributed by atoms with van der Waals surface area (Å²) in [5.74, 6) is 0.0972. The van der Waals surface area contributed by atoms with Crippen molar-refractivity contribution in [1.82, 2.24) is 4.98 Å². The largest absolute Gasteiger partial charge is 3.00 e. The summed E-state index contributed by atoms with van der Waals surface area (Å²) in [6.07, 6.45) is 1.71. The molecule has 1 aromatic heterocycles. The van der Waals surface area contributed by atoms with Gasteiger partial charge in [0, 0.05) is 6.20 Å². The second-order valence-electron chi connectivity index (χ2n) is 5.16. The topological polar surface area (TPSA) is 59.0 Å². The minimum atomic E-state index is -0.00694. The average molecular weight is 360 g/mol. The zero-order chi connectivity index (χ0) is 15.4. The van der Waals surface area contributed by atoms with Gasteiger partial charge in [0.1, 0.15) is 0 Å². The molecule has 6 heteroatoms. The molecular formula is C18H17Al3NO2+7. The molecule has 0 aliphatic carbocycles. The molecular weight excluding hydrogens is 343 g/mol. The van der Waals surface area contributed by atoms with Crippen molar-refractivity contribution < 1.29 is 10.2 Å². The van der Waals surface area contributed by atoms with Crippen molar-refractivity contribution in [1.29, 1.82) is 0 Å². The van der Waals surface area contributed by atoms with E-state index in [-0.39, 0.29) is 63.6 Å². The quantitative estimate of drug-likeness (QED) is 0.575. The molecule has 0 radical (unpaired) electrons. The van der Waals surface area contributed by atoms with Gasteiger partial charge < -0.3 is 10.2 Å². The van der Waals surface area contributed by atoms with Gasteiger partial charge in [0.2, 0.25) is 0 Å². The van der Waals surface area contributed by atoms with Crippen LogP contribution >= 0.6 is 0 Å². The fraction of sp³-hybridized carbons (Fsp3) is 0.167. The van der Waals surface area contributed by atoms with E-state index in [0.717, 1.165) is 22.1 Å². The standard InChI is InChI=1S/C10H9NO.C8H10O.3Al/c1-7-5-8-3-2-4-9(12)10(8)11-6-7;1-6-3-7(2)5-8(9)4-6;;;/h2-6,12H,1H3;3-5,9H,1-2H3;;;/q;;3*+3/p-2. The summed E-state index contributed by atoms with van der Waals surface area (Å²) in [5, 5.41) is 22.9. The Morgan fingerprint density at radius 2 is 1.33 bits per heavy atom. The molecule has 0 saturated heterocycles. The summed E-state index contributed by atoms with van der Waals surface area (Å²) < 4.78 is 0. The second kappa shape index (κ2) is 11.6. The number of hydrogen-bond acceptors (Lipinski definition) is 3. The molecule has 3 nitrogen and oxygen atoms in total. The van der Waals surface area contributed by atoms with Gasteiger partial charge >= 0.3 is 52.1 Å². The molecule has 108 valence electrons. The van der Waals surface area contributed by atoms with Gasteiger partial charge in [0.05, 0.1) is 5.52 Å². The van der Waals surface area contributed by atoms with Crippen LogP contribution in [-0.4, -0.2) is 57.1 Å². The van der Waals surface area contributed by atoms with E-state index in [0.29, 0.717) is 5.52 Å². The van der Waals surface area contributed by atoms with Crippen molar-refractivity contribution >= 4 is 63.0 Å². The number of aromatic nitrogens is 1. The maximum Gasteiger partial charge on any atom is 3.00 e. The predicted octanol–water partition coefficient (Wildman–Crippen LogP) is 1.85. The van der Waals surface area contributed by atoms with Crippen molar-refractivity contribution in [2.24, 2.45) is 0 Å². The van der Waals surface area contributed by atoms with Crippen LogP contribution in [0.5, 0.6) is 11.5 Å². The van der Waals surface area contributed by atoms with Crippen LogP contribution in [0.15, 0.2) is 48.7 Å². The molecule has 2 aromatic carbocycles. The fourth-order valence-corrected chi connectivity index (χ4v) is 2.18. The molecule has 1 heterocycles. The molecule has 0 aliphatic rings. The van der Waals surface area contributed by atoms with Crippen molar-refractivity contribution in [3.05, 3.63) is 65.4 Å². The predicted molar refractivity (Wildman–Crippen MR) is 98.6 cm³/mol. The van der Waals surface area contributed by atoms with E-state index in [1.54, 1.807) is 24.4 Å². The van der Waals surface area contributed by atoms with E-state index in [9.17, 15) is 10.2 Å². The first-order valence-corrected chi connectivity index (χ1v) is 6.73. The third-order valence-electron chi connectivity index (χ3n) is 3.01. The van der Waals surface area contributed by atoms with Gasteiger partial charge in [0.15, 0.2) is 0 Å². The first-order valence-electron chi connectivity index (χ1n) is 6.73. The van der Waals surface area contributed by atoms with E-state index in [1.807, 2.05) is 39.0 Å². The normalized spacial score (nSPS) is 8.79. The summed E-state index contributed by atoms with van der Waals surface area (Å²) >= 11 is 0. The Morgan fingerprint density at radius 3 is 1.88 bits per heavy atom. The Kier molecular flexibility index (Phi) is 12.2. The Bertz CT molecular complexity index is 729. The molecule has 0 amide bonds. The number of nitrogens with zero attached hydrogens (tertiary/aromatic N) is 1. The van der Waals surface area contributed by atoms with Gasteiger partial charge in [0.25, 0.3) is 0 Å². The van der Waals surface area contributed by atoms with E-state index in [1.165, 1.54) is 6.07 Å². The summed E-state index contributed by atoms with van der Waals surface area (Å²) in [4.78, 5) is 4.07. The molecule has 0 saturated carbocycles. The molecule has 0 fully saturated rings. The SMILES string of the molecule is Cc1cc(C)cc([O-])c1.Cc1cnc2c([O-])cccc2c1.[Al+3].[Al+3].[Al+3]. The van der Waals surface area contributed by atoms with Crippen LogP contribution in [0.4, 0.5) is 0 Å². The Hall–Kier alpha value is -0.953. The van der Waals surface area contributed by atoms with E-state index < -0.39 is 0 Å². The third-order valence-corrected chi connectivity index (χ3v) is 3.01. The maximum atomic E-state index is 11.2. The molecule has 0 atom stereocenters. The minimum Gasteiger partial charge on any atom is -0.872 e. The Morgan fingerprint density at radius 1 is 0.750 bits per heavy atom. The first kappa shape index (κ1) is 25.3. The van der Waals surface area contributed by atoms with Crippen LogP contribution in [-0.2, 0) is 0 Å². The smallest absolute Gasteiger partial charge is 0.872 e. The minimum absolute atomic E-state index is 0. The van der Waals surface area contributed by atoms with Crippen molar-refractivity contribution in [3.8, 4) is 11.5 Å². The van der Waals surface area contributed by atoms with E-state index >= 15 is 0 Å². The van der Waals surface area contributed by atoms with Crippen LogP contribution in [0.1, 0.15) is 16.7 Å². The van der Waals surface area contributed by atoms with Gasteiger partial charge in [-0.3, -0.25) is 4.98 Å².